The minimum Gasteiger partial charge on any atom is -0.530 e. The van der Waals surface area contributed by atoms with Crippen LogP contribution in [0.15, 0.2) is 12.3 Å². The summed E-state index contributed by atoms with van der Waals surface area (Å²) in [5.74, 6) is 0. The molecular formula is C5H10N2O2. The van der Waals surface area contributed by atoms with E-state index in [4.69, 9.17) is 0 Å². The van der Waals surface area contributed by atoms with Crippen LogP contribution in [0.4, 0.5) is 4.79 Å². The number of rotatable bonds is 0. The Morgan fingerprint density at radius 3 is 2.56 bits per heavy atom. The van der Waals surface area contributed by atoms with E-state index in [-0.39, 0.29) is 6.15 Å². The van der Waals surface area contributed by atoms with Crippen LogP contribution >= 0.6 is 0 Å². The van der Waals surface area contributed by atoms with Gasteiger partial charge in [0.25, 0.3) is 0 Å². The summed E-state index contributed by atoms with van der Waals surface area (Å²) in [5.41, 5.74) is 0. The van der Waals surface area contributed by atoms with Gasteiger partial charge in [-0.15, -0.1) is 0 Å². The zero-order chi connectivity index (χ0) is 5.98. The molecule has 1 amide bonds. The molecule has 4 heteroatoms. The Kier molecular flexibility index (Phi) is 2.73. The highest BCUT2D eigenvalue weighted by Crippen LogP contribution is 2.01. The van der Waals surface area contributed by atoms with Crippen molar-refractivity contribution in [3.8, 4) is 0 Å². The normalized spacial score (nSPS) is 15.3. The van der Waals surface area contributed by atoms with Crippen LogP contribution in [0.5, 0.6) is 0 Å². The van der Waals surface area contributed by atoms with Crippen molar-refractivity contribution in [1.29, 1.82) is 0 Å². The maximum absolute atomic E-state index is 9.97. The summed E-state index contributed by atoms with van der Waals surface area (Å²) in [6.07, 6.45) is 3.03. The summed E-state index contributed by atoms with van der Waals surface area (Å²) >= 11 is 0. The van der Waals surface area contributed by atoms with Crippen molar-refractivity contribution < 1.29 is 9.90 Å². The van der Waals surface area contributed by atoms with Gasteiger partial charge < -0.3 is 21.0 Å². The van der Waals surface area contributed by atoms with Gasteiger partial charge in [0.1, 0.15) is 6.09 Å². The fourth-order valence-electron chi connectivity index (χ4n) is 0.642. The Labute approximate surface area is 53.4 Å². The molecule has 0 aromatic heterocycles. The first-order chi connectivity index (χ1) is 3.80. The Hall–Kier alpha value is -1.03. The minimum atomic E-state index is -1.11. The lowest BCUT2D eigenvalue weighted by Gasteiger charge is -2.14. The maximum atomic E-state index is 9.97. The molecule has 1 aliphatic heterocycles. The molecule has 0 unspecified atom stereocenters. The standard InChI is InChI=1S/C5H7NO2.H3N/c7-5(8)6-3-1-2-4-6;/h1,3H,2,4H2,(H,7,8);1H3. The number of hydrogen-bond acceptors (Lipinski definition) is 2. The molecule has 1 aliphatic rings. The second-order valence-corrected chi connectivity index (χ2v) is 1.63. The molecule has 0 saturated carbocycles. The molecule has 0 aliphatic carbocycles. The lowest BCUT2D eigenvalue weighted by molar-refractivity contribution is -0.261. The van der Waals surface area contributed by atoms with Gasteiger partial charge in [-0.3, -0.25) is 0 Å². The Balaban J connectivity index is 0.000000640. The van der Waals surface area contributed by atoms with Crippen molar-refractivity contribution in [1.82, 2.24) is 11.1 Å². The van der Waals surface area contributed by atoms with E-state index >= 15 is 0 Å². The number of carbonyl (C=O) groups is 1. The molecule has 0 bridgehead atoms. The van der Waals surface area contributed by atoms with Gasteiger partial charge in [0.2, 0.25) is 0 Å². The Bertz CT molecular complexity index is 133. The second-order valence-electron chi connectivity index (χ2n) is 1.63. The number of amides is 1. The molecule has 52 valence electrons. The van der Waals surface area contributed by atoms with Crippen molar-refractivity contribution in [3.63, 3.8) is 0 Å². The Morgan fingerprint density at radius 2 is 2.33 bits per heavy atom. The quantitative estimate of drug-likeness (QED) is 0.497. The molecule has 4 nitrogen and oxygen atoms in total. The zero-order valence-corrected chi connectivity index (χ0v) is 5.33. The molecule has 0 atom stereocenters. The average Bonchev–Trinajstić information content (AvgIpc) is 2.12. The van der Waals surface area contributed by atoms with E-state index in [0.717, 1.165) is 11.3 Å². The van der Waals surface area contributed by atoms with Gasteiger partial charge in [0.05, 0.1) is 0 Å². The third-order valence-corrected chi connectivity index (χ3v) is 1.06. The highest BCUT2D eigenvalue weighted by molar-refractivity contribution is 5.64. The molecule has 0 fully saturated rings. The van der Waals surface area contributed by atoms with Crippen LogP contribution in [0.3, 0.4) is 0 Å². The molecule has 0 aromatic rings. The van der Waals surface area contributed by atoms with Crippen molar-refractivity contribution >= 4 is 6.09 Å². The molecular weight excluding hydrogens is 120 g/mol. The topological polar surface area (TPSA) is 79.9 Å². The lowest BCUT2D eigenvalue weighted by Crippen LogP contribution is -2.36. The molecule has 0 saturated heterocycles. The van der Waals surface area contributed by atoms with Crippen molar-refractivity contribution in [2.75, 3.05) is 6.54 Å². The van der Waals surface area contributed by atoms with E-state index in [2.05, 4.69) is 0 Å². The Morgan fingerprint density at radius 1 is 1.67 bits per heavy atom. The van der Waals surface area contributed by atoms with E-state index in [1.807, 2.05) is 0 Å². The van der Waals surface area contributed by atoms with Crippen LogP contribution in [-0.2, 0) is 0 Å². The highest BCUT2D eigenvalue weighted by Gasteiger charge is 2.02. The largest absolute Gasteiger partial charge is 0.530 e. The van der Waals surface area contributed by atoms with Gasteiger partial charge in [0, 0.05) is 12.7 Å². The third-order valence-electron chi connectivity index (χ3n) is 1.06. The first-order valence-electron chi connectivity index (χ1n) is 2.45. The first-order valence-corrected chi connectivity index (χ1v) is 2.45. The number of nitrogens with zero attached hydrogens (tertiary/aromatic N) is 1. The number of carboxylic acid groups (broad SMARTS) is 1. The molecule has 0 radical (unpaired) electrons. The summed E-state index contributed by atoms with van der Waals surface area (Å²) in [7, 11) is 0. The molecule has 0 aromatic carbocycles. The fraction of sp³-hybridized carbons (Fsp3) is 0.400. The van der Waals surface area contributed by atoms with Gasteiger partial charge in [0.15, 0.2) is 0 Å². The smallest absolute Gasteiger partial charge is 0.141 e. The van der Waals surface area contributed by atoms with Crippen molar-refractivity contribution in [3.05, 3.63) is 12.3 Å². The van der Waals surface area contributed by atoms with Crippen LogP contribution in [-0.4, -0.2) is 17.5 Å². The van der Waals surface area contributed by atoms with Crippen LogP contribution in [0.1, 0.15) is 6.42 Å². The summed E-state index contributed by atoms with van der Waals surface area (Å²) < 4.78 is 0. The van der Waals surface area contributed by atoms with Gasteiger partial charge in [-0.1, -0.05) is 6.08 Å². The van der Waals surface area contributed by atoms with Crippen LogP contribution in [0.25, 0.3) is 0 Å². The van der Waals surface area contributed by atoms with Crippen LogP contribution in [0.2, 0.25) is 0 Å². The lowest BCUT2D eigenvalue weighted by atomic mass is 10.5. The molecule has 1 rings (SSSR count). The zero-order valence-electron chi connectivity index (χ0n) is 5.33. The number of quaternary nitrogens is 1. The number of hydrogen-bond donors (Lipinski definition) is 1. The third kappa shape index (κ3) is 1.73. The van der Waals surface area contributed by atoms with Gasteiger partial charge in [-0.05, 0) is 6.42 Å². The van der Waals surface area contributed by atoms with Crippen LogP contribution in [0, 0.1) is 0 Å². The maximum Gasteiger partial charge on any atom is 0.141 e. The second kappa shape index (κ2) is 3.09. The van der Waals surface area contributed by atoms with E-state index < -0.39 is 6.09 Å². The van der Waals surface area contributed by atoms with E-state index in [9.17, 15) is 9.90 Å². The summed E-state index contributed by atoms with van der Waals surface area (Å²) in [6.45, 7) is 0.558. The van der Waals surface area contributed by atoms with Gasteiger partial charge in [-0.25, -0.2) is 0 Å². The van der Waals surface area contributed by atoms with Gasteiger partial charge in [-0.2, -0.15) is 0 Å². The minimum absolute atomic E-state index is 0. The molecule has 4 N–H and O–H groups in total. The highest BCUT2D eigenvalue weighted by atomic mass is 16.4. The predicted molar refractivity (Wildman–Crippen MR) is 31.8 cm³/mol. The summed E-state index contributed by atoms with van der Waals surface area (Å²) in [4.78, 5) is 11.1. The molecule has 1 heterocycles. The van der Waals surface area contributed by atoms with Crippen LogP contribution < -0.4 is 11.3 Å². The van der Waals surface area contributed by atoms with Gasteiger partial charge >= 0.3 is 0 Å². The van der Waals surface area contributed by atoms with E-state index in [0.29, 0.717) is 6.54 Å². The monoisotopic (exact) mass is 130 g/mol. The first kappa shape index (κ1) is 7.97. The van der Waals surface area contributed by atoms with Crippen molar-refractivity contribution in [2.24, 2.45) is 0 Å². The fourth-order valence-corrected chi connectivity index (χ4v) is 0.642. The van der Waals surface area contributed by atoms with E-state index in [1.54, 1.807) is 6.08 Å². The molecule has 9 heavy (non-hydrogen) atoms. The number of carbonyl (C=O) groups excluding carboxylic acids is 1. The molecule has 0 spiro atoms. The average molecular weight is 130 g/mol. The SMILES string of the molecule is O=C([O-])N1C=CCC1.[NH4+]. The summed E-state index contributed by atoms with van der Waals surface area (Å²) in [6, 6.07) is 0. The summed E-state index contributed by atoms with van der Waals surface area (Å²) in [5, 5.41) is 9.97. The van der Waals surface area contributed by atoms with E-state index in [1.165, 1.54) is 6.20 Å². The predicted octanol–water partition coefficient (Wildman–Crippen LogP) is -0.0747. The van der Waals surface area contributed by atoms with Crippen molar-refractivity contribution in [2.45, 2.75) is 6.42 Å².